The molecule has 0 radical (unpaired) electrons. The predicted octanol–water partition coefficient (Wildman–Crippen LogP) is -3.16. The molecule has 0 bridgehead atoms. The largest absolute Gasteiger partial charge is 0.379 e. The highest BCUT2D eigenvalue weighted by molar-refractivity contribution is 5.91. The van der Waals surface area contributed by atoms with Crippen LogP contribution >= 0.6 is 0 Å². The quantitative estimate of drug-likeness (QED) is 0.326. The summed E-state index contributed by atoms with van der Waals surface area (Å²) in [5.74, 6) is -8.88. The normalized spacial score (nSPS) is 24.5. The summed E-state index contributed by atoms with van der Waals surface area (Å²) in [6.45, 7) is 0. The van der Waals surface area contributed by atoms with Gasteiger partial charge in [-0.15, -0.1) is 0 Å². The first-order valence-electron chi connectivity index (χ1n) is 7.23. The molecule has 2 fully saturated rings. The molecular formula is C12H10O17. The minimum Gasteiger partial charge on any atom is -0.377 e. The molecule has 0 amide bonds. The molecule has 160 valence electrons. The van der Waals surface area contributed by atoms with Crippen molar-refractivity contribution in [3.8, 4) is 0 Å². The summed E-state index contributed by atoms with van der Waals surface area (Å²) < 4.78 is 0. The van der Waals surface area contributed by atoms with Crippen molar-refractivity contribution in [3.63, 3.8) is 0 Å². The van der Waals surface area contributed by atoms with Crippen LogP contribution in [0.5, 0.6) is 0 Å². The molecule has 29 heavy (non-hydrogen) atoms. The van der Waals surface area contributed by atoms with E-state index in [9.17, 15) is 39.0 Å². The predicted molar refractivity (Wildman–Crippen MR) is 68.2 cm³/mol. The van der Waals surface area contributed by atoms with E-state index in [1.165, 1.54) is 0 Å². The molecule has 0 aromatic heterocycles. The highest BCUT2D eigenvalue weighted by Crippen LogP contribution is 2.24. The van der Waals surface area contributed by atoms with Gasteiger partial charge in [0.05, 0.1) is 25.7 Å². The monoisotopic (exact) mass is 426 g/mol. The van der Waals surface area contributed by atoms with E-state index < -0.39 is 72.7 Å². The standard InChI is InChI=1S/C12H10O17/c13-5-1-11(19,2-6(14)22-27-21-5)9(17)25-28-23-7(15)3-12(20)4-8(16)24-29-26-10(12)18/h19-20H,1-4H2. The Bertz CT molecular complexity index is 708. The Morgan fingerprint density at radius 2 is 1.34 bits per heavy atom. The van der Waals surface area contributed by atoms with Crippen LogP contribution in [0.2, 0.25) is 0 Å². The lowest BCUT2D eigenvalue weighted by atomic mass is 9.96. The molecule has 2 N–H and O–H groups in total. The van der Waals surface area contributed by atoms with E-state index in [4.69, 9.17) is 0 Å². The number of rotatable bonds is 5. The van der Waals surface area contributed by atoms with Gasteiger partial charge in [0.2, 0.25) is 0 Å². The van der Waals surface area contributed by atoms with Gasteiger partial charge in [0, 0.05) is 15.1 Å². The second-order valence-corrected chi connectivity index (χ2v) is 5.54. The molecular weight excluding hydrogens is 416 g/mol. The number of aliphatic hydroxyl groups is 2. The maximum absolute atomic E-state index is 11.8. The summed E-state index contributed by atoms with van der Waals surface area (Å²) in [7, 11) is 0. The van der Waals surface area contributed by atoms with E-state index in [1.54, 1.807) is 0 Å². The van der Waals surface area contributed by atoms with Gasteiger partial charge < -0.3 is 10.2 Å². The number of hydrogen-bond acceptors (Lipinski definition) is 17. The van der Waals surface area contributed by atoms with E-state index in [0.29, 0.717) is 0 Å². The number of hydrogen-bond donors (Lipinski definition) is 2. The van der Waals surface area contributed by atoms with Gasteiger partial charge in [0.25, 0.3) is 0 Å². The van der Waals surface area contributed by atoms with E-state index >= 15 is 0 Å². The molecule has 2 aliphatic heterocycles. The topological polar surface area (TPSA) is 226 Å². The van der Waals surface area contributed by atoms with Crippen molar-refractivity contribution in [1.29, 1.82) is 0 Å². The van der Waals surface area contributed by atoms with Crippen LogP contribution in [0, 0.1) is 0 Å². The Kier molecular flexibility index (Phi) is 6.61. The van der Waals surface area contributed by atoms with Crippen LogP contribution in [0.4, 0.5) is 0 Å². The highest BCUT2D eigenvalue weighted by Gasteiger charge is 2.48. The van der Waals surface area contributed by atoms with Crippen molar-refractivity contribution in [2.24, 2.45) is 0 Å². The minimum absolute atomic E-state index is 1.06. The number of carbonyl (C=O) groups excluding carboxylic acids is 6. The van der Waals surface area contributed by atoms with Gasteiger partial charge in [-0.05, 0) is 0 Å². The van der Waals surface area contributed by atoms with Crippen LogP contribution in [0.3, 0.4) is 0 Å². The summed E-state index contributed by atoms with van der Waals surface area (Å²) in [6.07, 6.45) is -4.58. The Morgan fingerprint density at radius 3 is 1.93 bits per heavy atom. The van der Waals surface area contributed by atoms with Gasteiger partial charge in [0.1, 0.15) is 0 Å². The summed E-state index contributed by atoms with van der Waals surface area (Å²) in [5.41, 5.74) is -5.60. The van der Waals surface area contributed by atoms with Crippen LogP contribution in [0.1, 0.15) is 25.7 Å². The third-order valence-corrected chi connectivity index (χ3v) is 3.23. The summed E-state index contributed by atoms with van der Waals surface area (Å²) in [4.78, 5) is 91.9. The molecule has 1 atom stereocenters. The Balaban J connectivity index is 1.89. The molecule has 2 aliphatic rings. The second-order valence-electron chi connectivity index (χ2n) is 5.54. The minimum atomic E-state index is -2.84. The van der Waals surface area contributed by atoms with Crippen LogP contribution in [0.25, 0.3) is 0 Å². The van der Waals surface area contributed by atoms with Crippen LogP contribution in [-0.2, 0) is 73.2 Å². The highest BCUT2D eigenvalue weighted by atomic mass is 17.5. The fourth-order valence-electron chi connectivity index (χ4n) is 1.91. The molecule has 0 aromatic rings. The SMILES string of the molecule is O=C1CC(O)(C(=O)OOOC(=O)CC2(O)CC(=O)OOOC2=O)CC(=O)OOO1. The lowest BCUT2D eigenvalue weighted by Crippen LogP contribution is -2.46. The summed E-state index contributed by atoms with van der Waals surface area (Å²) in [6, 6.07) is 0. The Hall–Kier alpha value is -3.38. The second kappa shape index (κ2) is 8.75. The lowest BCUT2D eigenvalue weighted by molar-refractivity contribution is -0.469. The molecule has 2 rings (SSSR count). The molecule has 0 aliphatic carbocycles. The molecule has 2 heterocycles. The van der Waals surface area contributed by atoms with Crippen LogP contribution < -0.4 is 0 Å². The zero-order valence-electron chi connectivity index (χ0n) is 13.8. The molecule has 1 unspecified atom stereocenters. The van der Waals surface area contributed by atoms with Crippen molar-refractivity contribution >= 4 is 35.8 Å². The van der Waals surface area contributed by atoms with E-state index in [0.717, 1.165) is 0 Å². The lowest BCUT2D eigenvalue weighted by Gasteiger charge is -2.23. The van der Waals surface area contributed by atoms with Crippen LogP contribution in [0.15, 0.2) is 0 Å². The van der Waals surface area contributed by atoms with E-state index in [2.05, 4.69) is 44.4 Å². The van der Waals surface area contributed by atoms with Gasteiger partial charge in [-0.3, -0.25) is 29.3 Å². The molecule has 2 saturated heterocycles. The van der Waals surface area contributed by atoms with Gasteiger partial charge >= 0.3 is 35.8 Å². The van der Waals surface area contributed by atoms with Crippen molar-refractivity contribution in [1.82, 2.24) is 0 Å². The van der Waals surface area contributed by atoms with E-state index in [-0.39, 0.29) is 0 Å². The van der Waals surface area contributed by atoms with Gasteiger partial charge in [-0.2, -0.15) is 0 Å². The van der Waals surface area contributed by atoms with Gasteiger partial charge in [-0.1, -0.05) is 0 Å². The van der Waals surface area contributed by atoms with Gasteiger partial charge in [0.15, 0.2) is 11.2 Å². The maximum Gasteiger partial charge on any atom is 0.379 e. The first-order chi connectivity index (χ1) is 13.5. The Labute approximate surface area is 157 Å². The van der Waals surface area contributed by atoms with Crippen molar-refractivity contribution in [3.05, 3.63) is 0 Å². The van der Waals surface area contributed by atoms with Gasteiger partial charge in [-0.25, -0.2) is 28.8 Å². The molecule has 0 aromatic carbocycles. The maximum atomic E-state index is 11.8. The van der Waals surface area contributed by atoms with E-state index in [1.807, 2.05) is 0 Å². The first kappa shape index (κ1) is 21.9. The zero-order valence-corrected chi connectivity index (χ0v) is 13.8. The third kappa shape index (κ3) is 5.80. The summed E-state index contributed by atoms with van der Waals surface area (Å²) >= 11 is 0. The molecule has 0 spiro atoms. The average Bonchev–Trinajstić information content (AvgIpc) is 2.71. The smallest absolute Gasteiger partial charge is 0.377 e. The number of carbonyl (C=O) groups is 6. The van der Waals surface area contributed by atoms with Crippen LogP contribution in [-0.4, -0.2) is 57.2 Å². The van der Waals surface area contributed by atoms with Crippen molar-refractivity contribution in [2.45, 2.75) is 36.9 Å². The fraction of sp³-hybridized carbons (Fsp3) is 0.500. The molecule has 17 nitrogen and oxygen atoms in total. The average molecular weight is 426 g/mol. The Morgan fingerprint density at radius 1 is 0.828 bits per heavy atom. The van der Waals surface area contributed by atoms with Crippen molar-refractivity contribution in [2.75, 3.05) is 0 Å². The first-order valence-corrected chi connectivity index (χ1v) is 7.23. The van der Waals surface area contributed by atoms with Crippen molar-refractivity contribution < 1.29 is 83.4 Å². The third-order valence-electron chi connectivity index (χ3n) is 3.23. The summed E-state index contributed by atoms with van der Waals surface area (Å²) in [5, 5.41) is 31.2. The molecule has 17 heteroatoms. The zero-order chi connectivity index (χ0) is 21.7. The molecule has 0 saturated carbocycles. The fourth-order valence-corrected chi connectivity index (χ4v) is 1.91.